The molecule has 0 spiro atoms. The van der Waals surface area contributed by atoms with E-state index >= 15 is 0 Å². The Hall–Kier alpha value is -2.85. The van der Waals surface area contributed by atoms with Gasteiger partial charge in [-0.1, -0.05) is 231 Å². The highest BCUT2D eigenvalue weighted by Crippen LogP contribution is 2.37. The van der Waals surface area contributed by atoms with Crippen LogP contribution in [0.3, 0.4) is 0 Å². The molecule has 5 aliphatic rings. The summed E-state index contributed by atoms with van der Waals surface area (Å²) in [4.78, 5) is 38.8. The molecule has 5 saturated heterocycles. The standard InChI is InChI=1S/C78H143N3O28/c1-5-7-9-11-13-15-17-19-20-21-22-23-24-25-26-27-28-30-32-34-36-38-40-42-58(90)81-51(52(89)41-39-37-35-33-31-29-18-16-14-12-10-8-6-2)48-100-76-67(97)66(96)70(57(47-86)105-76)106-77-68(98)73(64(94)55(45-84)103-77)109-75-60(80-50(4)88)71(62(92)54(44-83)102-75)107-78-69(99)72(63(93)56(46-85)104-78)108-74-59(79-49(3)87)65(95)61(91)53(43-82)101-74/h39,41,51-57,59-78,82-86,89,91-99H,5-38,40,42-48H2,1-4H3,(H,79,87)(H,80,88)(H,81,90)/b41-39+/t51-,52+,53?,54?,55?,56?,57?,59?,60?,61+,62+,63-,64-,65+,66+,67?,68?,69?,70+,71+,72-,73-,74-,75-,76+,77-,78-/m0/s1. The number of unbranched alkanes of at least 4 members (excludes halogenated alkanes) is 33. The Labute approximate surface area is 645 Å². The van der Waals surface area contributed by atoms with Crippen LogP contribution in [0.4, 0.5) is 0 Å². The van der Waals surface area contributed by atoms with Gasteiger partial charge in [0.15, 0.2) is 31.5 Å². The first kappa shape index (κ1) is 96.7. The summed E-state index contributed by atoms with van der Waals surface area (Å²) in [7, 11) is 0. The van der Waals surface area contributed by atoms with Gasteiger partial charge < -0.3 is 140 Å². The molecule has 5 rings (SSSR count). The van der Waals surface area contributed by atoms with Gasteiger partial charge in [0.2, 0.25) is 17.7 Å². The second kappa shape index (κ2) is 54.9. The van der Waals surface area contributed by atoms with Crippen LogP contribution in [0.2, 0.25) is 0 Å². The highest BCUT2D eigenvalue weighted by atomic mass is 16.8. The molecule has 27 atom stereocenters. The highest BCUT2D eigenvalue weighted by Gasteiger charge is 2.58. The first-order valence-electron chi connectivity index (χ1n) is 41.5. The molecule has 5 fully saturated rings. The topological polar surface area (TPSA) is 483 Å². The van der Waals surface area contributed by atoms with E-state index in [1.165, 1.54) is 161 Å². The first-order chi connectivity index (χ1) is 52.6. The lowest BCUT2D eigenvalue weighted by molar-refractivity contribution is -0.384. The van der Waals surface area contributed by atoms with Crippen LogP contribution in [0, 0.1) is 0 Å². The van der Waals surface area contributed by atoms with Crippen LogP contribution in [0.25, 0.3) is 0 Å². The van der Waals surface area contributed by atoms with E-state index in [-0.39, 0.29) is 12.3 Å². The van der Waals surface area contributed by atoms with Gasteiger partial charge >= 0.3 is 0 Å². The number of carbonyl (C=O) groups excluding carboxylic acids is 3. The lowest BCUT2D eigenvalue weighted by atomic mass is 9.94. The number of aliphatic hydroxyl groups is 15. The van der Waals surface area contributed by atoms with E-state index in [1.807, 2.05) is 6.08 Å². The number of hydrogen-bond donors (Lipinski definition) is 18. The molecular formula is C78H143N3O28. The predicted molar refractivity (Wildman–Crippen MR) is 398 cm³/mol. The molecule has 5 heterocycles. The first-order valence-corrected chi connectivity index (χ1v) is 41.5. The van der Waals surface area contributed by atoms with Crippen molar-refractivity contribution in [2.75, 3.05) is 39.6 Å². The minimum atomic E-state index is -2.19. The van der Waals surface area contributed by atoms with E-state index in [4.69, 9.17) is 47.4 Å². The van der Waals surface area contributed by atoms with Crippen molar-refractivity contribution in [3.05, 3.63) is 12.2 Å². The van der Waals surface area contributed by atoms with Gasteiger partial charge in [0.25, 0.3) is 0 Å². The van der Waals surface area contributed by atoms with Crippen LogP contribution in [0.5, 0.6) is 0 Å². The van der Waals surface area contributed by atoms with Crippen molar-refractivity contribution < 1.29 is 138 Å². The number of allylic oxidation sites excluding steroid dienone is 1. The third-order valence-corrected chi connectivity index (χ3v) is 21.6. The Morgan fingerprint density at radius 1 is 0.358 bits per heavy atom. The van der Waals surface area contributed by atoms with Gasteiger partial charge in [0.05, 0.1) is 51.8 Å². The number of hydrogen-bond acceptors (Lipinski definition) is 28. The summed E-state index contributed by atoms with van der Waals surface area (Å²) >= 11 is 0. The number of nitrogens with one attached hydrogen (secondary N) is 3. The molecular weight excluding hydrogens is 1430 g/mol. The molecule has 5 aliphatic heterocycles. The minimum Gasteiger partial charge on any atom is -0.394 e. The lowest BCUT2D eigenvalue weighted by Crippen LogP contribution is -2.70. The van der Waals surface area contributed by atoms with Crippen LogP contribution in [0.1, 0.15) is 259 Å². The van der Waals surface area contributed by atoms with Crippen LogP contribution in [-0.2, 0) is 61.8 Å². The maximum absolute atomic E-state index is 13.6. The molecule has 0 aromatic heterocycles. The molecule has 0 radical (unpaired) electrons. The molecule has 31 heteroatoms. The van der Waals surface area contributed by atoms with Crippen molar-refractivity contribution in [3.8, 4) is 0 Å². The zero-order valence-electron chi connectivity index (χ0n) is 65.5. The molecule has 109 heavy (non-hydrogen) atoms. The molecule has 18 N–H and O–H groups in total. The van der Waals surface area contributed by atoms with Gasteiger partial charge in [-0.2, -0.15) is 0 Å². The van der Waals surface area contributed by atoms with Gasteiger partial charge in [-0.15, -0.1) is 0 Å². The maximum atomic E-state index is 13.6. The number of amides is 3. The summed E-state index contributed by atoms with van der Waals surface area (Å²) < 4.78 is 59.3. The van der Waals surface area contributed by atoms with Gasteiger partial charge in [-0.05, 0) is 19.3 Å². The van der Waals surface area contributed by atoms with E-state index in [9.17, 15) is 91.0 Å². The summed E-state index contributed by atoms with van der Waals surface area (Å²) in [5.41, 5.74) is 0. The van der Waals surface area contributed by atoms with Crippen molar-refractivity contribution in [1.29, 1.82) is 0 Å². The molecule has 0 aromatic rings. The van der Waals surface area contributed by atoms with E-state index in [1.54, 1.807) is 6.08 Å². The van der Waals surface area contributed by atoms with Crippen LogP contribution in [0.15, 0.2) is 12.2 Å². The van der Waals surface area contributed by atoms with Crippen LogP contribution in [-0.4, -0.2) is 300 Å². The van der Waals surface area contributed by atoms with Gasteiger partial charge in [0.1, 0.15) is 122 Å². The molecule has 10 unspecified atom stereocenters. The summed E-state index contributed by atoms with van der Waals surface area (Å²) in [6.07, 6.45) is 1.39. The van der Waals surface area contributed by atoms with E-state index in [0.717, 1.165) is 65.2 Å². The molecule has 0 bridgehead atoms. The zero-order valence-corrected chi connectivity index (χ0v) is 65.5. The monoisotopic (exact) mass is 1570 g/mol. The van der Waals surface area contributed by atoms with Crippen LogP contribution >= 0.6 is 0 Å². The summed E-state index contributed by atoms with van der Waals surface area (Å²) in [6, 6.07) is -4.43. The van der Waals surface area contributed by atoms with Crippen molar-refractivity contribution in [2.24, 2.45) is 0 Å². The minimum absolute atomic E-state index is 0.187. The third kappa shape index (κ3) is 33.0. The van der Waals surface area contributed by atoms with Crippen LogP contribution < -0.4 is 16.0 Å². The van der Waals surface area contributed by atoms with Crippen molar-refractivity contribution in [2.45, 2.75) is 424 Å². The smallest absolute Gasteiger partial charge is 0.220 e. The largest absolute Gasteiger partial charge is 0.394 e. The number of carbonyl (C=O) groups is 3. The molecule has 0 aliphatic carbocycles. The Kier molecular flexibility index (Phi) is 48.7. The van der Waals surface area contributed by atoms with E-state index in [2.05, 4.69) is 29.8 Å². The van der Waals surface area contributed by atoms with E-state index < -0.39 is 217 Å². The lowest BCUT2D eigenvalue weighted by Gasteiger charge is -2.50. The molecule has 3 amide bonds. The maximum Gasteiger partial charge on any atom is 0.220 e. The fourth-order valence-corrected chi connectivity index (χ4v) is 15.0. The molecule has 0 saturated carbocycles. The second-order valence-electron chi connectivity index (χ2n) is 30.7. The predicted octanol–water partition coefficient (Wildman–Crippen LogP) is 2.87. The second-order valence-corrected chi connectivity index (χ2v) is 30.7. The van der Waals surface area contributed by atoms with Gasteiger partial charge in [0, 0.05) is 20.3 Å². The average molecular weight is 1570 g/mol. The average Bonchev–Trinajstić information content (AvgIpc) is 0.767. The Morgan fingerprint density at radius 2 is 0.688 bits per heavy atom. The number of aliphatic hydroxyl groups excluding tert-OH is 15. The van der Waals surface area contributed by atoms with E-state index in [0.29, 0.717) is 12.8 Å². The van der Waals surface area contributed by atoms with Gasteiger partial charge in [-0.25, -0.2) is 0 Å². The zero-order chi connectivity index (χ0) is 79.6. The SMILES string of the molecule is CCCCCCCCCCCCC/C=C/[C@@H](O)[C@H](CO[C@@H]1OC(CO)[C@@H](O[C@@H]2OC(CO)[C@H](O)[C@H](O[C@@H]3OC(CO)[C@@H](O)[C@H](O[C@@H]4OC(CO)[C@H](O)[C@H](O[C@@H]5OC(CO)[C@@H](O)[C@H](O)C5NC(C)=O)C4O)C3NC(C)=O)C2O)[C@H](O)C1O)NC(=O)CCCCCCCCCCCCCCCCCCCCCCCCC. The van der Waals surface area contributed by atoms with Crippen molar-refractivity contribution in [1.82, 2.24) is 16.0 Å². The third-order valence-electron chi connectivity index (χ3n) is 21.6. The Bertz CT molecular complexity index is 2420. The fourth-order valence-electron chi connectivity index (χ4n) is 15.0. The summed E-state index contributed by atoms with van der Waals surface area (Å²) in [5, 5.41) is 175. The quantitative estimate of drug-likeness (QED) is 0.0307. The number of ether oxygens (including phenoxy) is 10. The molecule has 638 valence electrons. The van der Waals surface area contributed by atoms with Crippen molar-refractivity contribution >= 4 is 17.7 Å². The summed E-state index contributed by atoms with van der Waals surface area (Å²) in [5.74, 6) is -1.92. The van der Waals surface area contributed by atoms with Crippen molar-refractivity contribution in [3.63, 3.8) is 0 Å². The molecule has 31 nitrogen and oxygen atoms in total. The normalized spacial score (nSPS) is 33.6. The Morgan fingerprint density at radius 3 is 1.09 bits per heavy atom. The summed E-state index contributed by atoms with van der Waals surface area (Å²) in [6.45, 7) is 1.36. The highest BCUT2D eigenvalue weighted by molar-refractivity contribution is 5.76. The number of rotatable bonds is 57. The Balaban J connectivity index is 1.19. The molecule has 0 aromatic carbocycles. The fraction of sp³-hybridized carbons (Fsp3) is 0.936. The van der Waals surface area contributed by atoms with Gasteiger partial charge in [-0.3, -0.25) is 14.4 Å².